The summed E-state index contributed by atoms with van der Waals surface area (Å²) in [5.41, 5.74) is 5.93. The Morgan fingerprint density at radius 1 is 0.880 bits per heavy atom. The molecular weight excluding hydrogens is 328 g/mol. The van der Waals surface area contributed by atoms with Crippen molar-refractivity contribution in [1.82, 2.24) is 0 Å². The lowest BCUT2D eigenvalue weighted by Gasteiger charge is -2.19. The molecule has 3 heteroatoms. The molecular formula is C22H18O2S. The van der Waals surface area contributed by atoms with Crippen molar-refractivity contribution < 1.29 is 4.74 Å². The molecule has 0 fully saturated rings. The SMILES string of the molecule is COc1cc(C)c(-c2c3ccc(=O)cc-3sc3ccccc23)c(C)c1. The molecule has 2 aromatic rings. The lowest BCUT2D eigenvalue weighted by molar-refractivity contribution is 0.414. The molecule has 1 heterocycles. The molecule has 2 aliphatic rings. The van der Waals surface area contributed by atoms with Crippen LogP contribution in [0.2, 0.25) is 0 Å². The fourth-order valence-electron chi connectivity index (χ4n) is 3.52. The van der Waals surface area contributed by atoms with Crippen LogP contribution in [0.1, 0.15) is 11.1 Å². The predicted molar refractivity (Wildman–Crippen MR) is 106 cm³/mol. The van der Waals surface area contributed by atoms with Gasteiger partial charge in [0.1, 0.15) is 5.75 Å². The van der Waals surface area contributed by atoms with Gasteiger partial charge in [0.05, 0.1) is 7.11 Å². The molecule has 0 saturated heterocycles. The second-order valence-electron chi connectivity index (χ2n) is 6.27. The molecule has 0 radical (unpaired) electrons. The molecule has 0 N–H and O–H groups in total. The van der Waals surface area contributed by atoms with Gasteiger partial charge in [-0.2, -0.15) is 0 Å². The Morgan fingerprint density at radius 2 is 1.60 bits per heavy atom. The molecule has 1 aliphatic heterocycles. The highest BCUT2D eigenvalue weighted by molar-refractivity contribution is 7.21. The Labute approximate surface area is 150 Å². The van der Waals surface area contributed by atoms with E-state index in [0.717, 1.165) is 16.2 Å². The highest BCUT2D eigenvalue weighted by Crippen LogP contribution is 2.45. The van der Waals surface area contributed by atoms with E-state index in [2.05, 4.69) is 44.2 Å². The molecule has 124 valence electrons. The van der Waals surface area contributed by atoms with Crippen molar-refractivity contribution in [2.45, 2.75) is 13.8 Å². The summed E-state index contributed by atoms with van der Waals surface area (Å²) in [7, 11) is 1.69. The molecule has 0 saturated carbocycles. The Hall–Kier alpha value is -2.65. The van der Waals surface area contributed by atoms with Crippen molar-refractivity contribution in [1.29, 1.82) is 0 Å². The van der Waals surface area contributed by atoms with Gasteiger partial charge in [-0.3, -0.25) is 4.79 Å². The smallest absolute Gasteiger partial charge is 0.180 e. The summed E-state index contributed by atoms with van der Waals surface area (Å²) in [6.45, 7) is 4.23. The van der Waals surface area contributed by atoms with Crippen LogP contribution in [0.4, 0.5) is 0 Å². The van der Waals surface area contributed by atoms with Crippen LogP contribution in [0.15, 0.2) is 59.4 Å². The van der Waals surface area contributed by atoms with Crippen LogP contribution in [-0.2, 0) is 0 Å². The maximum absolute atomic E-state index is 11.9. The first-order valence-corrected chi connectivity index (χ1v) is 9.01. The zero-order valence-corrected chi connectivity index (χ0v) is 15.2. The fourth-order valence-corrected chi connectivity index (χ4v) is 4.64. The molecule has 4 rings (SSSR count). The maximum atomic E-state index is 11.9. The molecule has 2 aromatic carbocycles. The van der Waals surface area contributed by atoms with E-state index < -0.39 is 0 Å². The summed E-state index contributed by atoms with van der Waals surface area (Å²) in [4.78, 5) is 12.9. The van der Waals surface area contributed by atoms with Crippen molar-refractivity contribution in [2.24, 2.45) is 0 Å². The van der Waals surface area contributed by atoms with Crippen LogP contribution >= 0.6 is 11.3 Å². The molecule has 0 aromatic heterocycles. The summed E-state index contributed by atoms with van der Waals surface area (Å²) in [6, 6.07) is 17.9. The van der Waals surface area contributed by atoms with Crippen LogP contribution in [0.25, 0.3) is 31.7 Å². The quantitative estimate of drug-likeness (QED) is 0.438. The number of aryl methyl sites for hydroxylation is 2. The van der Waals surface area contributed by atoms with E-state index >= 15 is 0 Å². The van der Waals surface area contributed by atoms with E-state index in [1.165, 1.54) is 32.3 Å². The van der Waals surface area contributed by atoms with Gasteiger partial charge in [0, 0.05) is 26.6 Å². The Bertz CT molecular complexity index is 1100. The van der Waals surface area contributed by atoms with Gasteiger partial charge in [0.2, 0.25) is 0 Å². The third-order valence-electron chi connectivity index (χ3n) is 4.59. The summed E-state index contributed by atoms with van der Waals surface area (Å²) in [6.07, 6.45) is 0. The second kappa shape index (κ2) is 6.01. The first-order valence-electron chi connectivity index (χ1n) is 8.19. The van der Waals surface area contributed by atoms with Gasteiger partial charge >= 0.3 is 0 Å². The fraction of sp³-hybridized carbons (Fsp3) is 0.136. The van der Waals surface area contributed by atoms with Crippen LogP contribution in [0, 0.1) is 13.8 Å². The number of rotatable bonds is 2. The van der Waals surface area contributed by atoms with Gasteiger partial charge in [-0.05, 0) is 66.4 Å². The topological polar surface area (TPSA) is 26.3 Å². The number of hydrogen-bond acceptors (Lipinski definition) is 3. The van der Waals surface area contributed by atoms with Crippen molar-refractivity contribution in [2.75, 3.05) is 7.11 Å². The first kappa shape index (κ1) is 15.9. The minimum atomic E-state index is 0.0492. The largest absolute Gasteiger partial charge is 0.497 e. The summed E-state index contributed by atoms with van der Waals surface area (Å²) in [5, 5.41) is 1.22. The van der Waals surface area contributed by atoms with Crippen LogP contribution < -0.4 is 10.2 Å². The number of ether oxygens (including phenoxy) is 1. The zero-order chi connectivity index (χ0) is 17.6. The first-order chi connectivity index (χ1) is 12.1. The predicted octanol–water partition coefficient (Wildman–Crippen LogP) is 5.66. The monoisotopic (exact) mass is 346 g/mol. The summed E-state index contributed by atoms with van der Waals surface area (Å²) in [5.74, 6) is 0.868. The van der Waals surface area contributed by atoms with Crippen LogP contribution in [0.5, 0.6) is 5.75 Å². The molecule has 25 heavy (non-hydrogen) atoms. The average molecular weight is 346 g/mol. The van der Waals surface area contributed by atoms with Gasteiger partial charge in [0.15, 0.2) is 5.43 Å². The summed E-state index contributed by atoms with van der Waals surface area (Å²) < 4.78 is 6.60. The highest BCUT2D eigenvalue weighted by atomic mass is 32.1. The number of fused-ring (bicyclic) bond motifs is 2. The molecule has 0 bridgehead atoms. The van der Waals surface area contributed by atoms with Gasteiger partial charge in [-0.1, -0.05) is 18.2 Å². The molecule has 0 spiro atoms. The van der Waals surface area contributed by atoms with E-state index in [0.29, 0.717) is 0 Å². The van der Waals surface area contributed by atoms with E-state index in [9.17, 15) is 4.79 Å². The minimum Gasteiger partial charge on any atom is -0.497 e. The Balaban J connectivity index is 2.19. The maximum Gasteiger partial charge on any atom is 0.180 e. The van der Waals surface area contributed by atoms with Crippen molar-refractivity contribution >= 4 is 21.4 Å². The average Bonchev–Trinajstić information content (AvgIpc) is 2.60. The van der Waals surface area contributed by atoms with Crippen molar-refractivity contribution in [3.8, 4) is 27.3 Å². The van der Waals surface area contributed by atoms with Crippen LogP contribution in [0.3, 0.4) is 0 Å². The summed E-state index contributed by atoms with van der Waals surface area (Å²) >= 11 is 1.67. The second-order valence-corrected chi connectivity index (χ2v) is 7.35. The lowest BCUT2D eigenvalue weighted by Crippen LogP contribution is -2.00. The van der Waals surface area contributed by atoms with E-state index in [1.54, 1.807) is 30.6 Å². The van der Waals surface area contributed by atoms with Crippen LogP contribution in [-0.4, -0.2) is 7.11 Å². The molecule has 0 amide bonds. The number of hydrogen-bond donors (Lipinski definition) is 0. The highest BCUT2D eigenvalue weighted by Gasteiger charge is 2.18. The Morgan fingerprint density at radius 3 is 2.32 bits per heavy atom. The minimum absolute atomic E-state index is 0.0492. The van der Waals surface area contributed by atoms with E-state index in [-0.39, 0.29) is 5.43 Å². The standard InChI is InChI=1S/C22H18O2S/c1-13-10-16(24-3)11-14(2)21(13)22-17-6-4-5-7-19(17)25-20-12-15(23)8-9-18(20)22/h4-12H,1-3H3. The number of benzene rings is 3. The molecule has 2 nitrogen and oxygen atoms in total. The van der Waals surface area contributed by atoms with Gasteiger partial charge in [-0.15, -0.1) is 11.3 Å². The molecule has 0 atom stereocenters. The molecule has 1 aliphatic carbocycles. The van der Waals surface area contributed by atoms with E-state index in [4.69, 9.17) is 4.74 Å². The normalized spacial score (nSPS) is 11.2. The third kappa shape index (κ3) is 2.61. The van der Waals surface area contributed by atoms with Crippen molar-refractivity contribution in [3.05, 3.63) is 75.9 Å². The van der Waals surface area contributed by atoms with Gasteiger partial charge in [0.25, 0.3) is 0 Å². The number of methoxy groups -OCH3 is 1. The van der Waals surface area contributed by atoms with Gasteiger partial charge < -0.3 is 4.74 Å². The van der Waals surface area contributed by atoms with E-state index in [1.807, 2.05) is 12.1 Å². The molecule has 0 unspecified atom stereocenters. The zero-order valence-electron chi connectivity index (χ0n) is 14.4. The lowest BCUT2D eigenvalue weighted by atomic mass is 9.89. The van der Waals surface area contributed by atoms with Crippen molar-refractivity contribution in [3.63, 3.8) is 0 Å². The van der Waals surface area contributed by atoms with Gasteiger partial charge in [-0.25, -0.2) is 0 Å². The Kier molecular flexibility index (Phi) is 3.81. The third-order valence-corrected chi connectivity index (χ3v) is 5.72.